The minimum Gasteiger partial charge on any atom is -0.379 e. The van der Waals surface area contributed by atoms with E-state index in [9.17, 15) is 0 Å². The molecule has 1 saturated heterocycles. The van der Waals surface area contributed by atoms with Crippen LogP contribution in [0.1, 0.15) is 0 Å². The van der Waals surface area contributed by atoms with Gasteiger partial charge in [0.15, 0.2) is 0 Å². The number of ether oxygens (including phenoxy) is 1. The molecule has 1 fully saturated rings. The van der Waals surface area contributed by atoms with Crippen molar-refractivity contribution < 1.29 is 4.74 Å². The first-order valence-electron chi connectivity index (χ1n) is 3.25. The monoisotopic (exact) mass is 540 g/mol. The molecule has 0 atom stereocenters. The summed E-state index contributed by atoms with van der Waals surface area (Å²) in [5, 5.41) is 0. The number of hydrogen-bond donors (Lipinski definition) is 0. The van der Waals surface area contributed by atoms with E-state index in [4.69, 9.17) is 4.74 Å². The summed E-state index contributed by atoms with van der Waals surface area (Å²) in [6, 6.07) is 0. The molecule has 0 bridgehead atoms. The van der Waals surface area contributed by atoms with E-state index in [0.29, 0.717) is 0 Å². The molecule has 71 valence electrons. The van der Waals surface area contributed by atoms with E-state index in [0.717, 1.165) is 30.6 Å². The SMILES string of the molecule is [I][Sb][I].[SH+]=C([SH2+])N1CCOCC1. The zero-order chi connectivity index (χ0) is 9.40. The van der Waals surface area contributed by atoms with E-state index in [1.807, 2.05) is 0 Å². The smallest absolute Gasteiger partial charge is 0.379 e. The van der Waals surface area contributed by atoms with Crippen molar-refractivity contribution in [2.45, 2.75) is 0 Å². The molecule has 0 aromatic carbocycles. The van der Waals surface area contributed by atoms with Crippen LogP contribution in [0.15, 0.2) is 0 Å². The average molecular weight is 541 g/mol. The van der Waals surface area contributed by atoms with Gasteiger partial charge in [0, 0.05) is 13.1 Å². The Hall–Kier alpha value is 2.64. The van der Waals surface area contributed by atoms with Gasteiger partial charge in [0.1, 0.15) is 0 Å². The first kappa shape index (κ1) is 14.6. The summed E-state index contributed by atoms with van der Waals surface area (Å²) < 4.78 is 6.04. The van der Waals surface area contributed by atoms with E-state index in [-0.39, 0.29) is 13.6 Å². The molecule has 0 unspecified atom stereocenters. The van der Waals surface area contributed by atoms with Gasteiger partial charge in [-0.3, -0.25) is 0 Å². The molecule has 1 heterocycles. The maximum Gasteiger partial charge on any atom is 0.445 e. The van der Waals surface area contributed by atoms with Crippen molar-refractivity contribution in [2.75, 3.05) is 26.3 Å². The normalized spacial score (nSPS) is 17.9. The molecule has 2 nitrogen and oxygen atoms in total. The number of hydrogen-bond acceptors (Lipinski definition) is 1. The Bertz CT molecular complexity index is 135. The van der Waals surface area contributed by atoms with Crippen LogP contribution < -0.4 is 0 Å². The molecule has 12 heavy (non-hydrogen) atoms. The Morgan fingerprint density at radius 3 is 2.08 bits per heavy atom. The summed E-state index contributed by atoms with van der Waals surface area (Å²) in [7, 11) is 0. The second-order valence-electron chi connectivity index (χ2n) is 1.99. The molecule has 0 aromatic heterocycles. The number of halogens is 2. The van der Waals surface area contributed by atoms with Crippen LogP contribution in [0, 0.1) is 0 Å². The van der Waals surface area contributed by atoms with E-state index in [2.05, 4.69) is 66.7 Å². The quantitative estimate of drug-likeness (QED) is 0.142. The molecule has 1 radical (unpaired) electrons. The molecular weight excluding hydrogens is 530 g/mol. The molecule has 0 N–H and O–H groups in total. The number of thiol groups is 1. The van der Waals surface area contributed by atoms with Crippen LogP contribution in [0.25, 0.3) is 0 Å². The van der Waals surface area contributed by atoms with Gasteiger partial charge in [-0.15, -0.1) is 0 Å². The molecular formula is C5H11I2NOS2Sb+2. The molecule has 7 heteroatoms. The van der Waals surface area contributed by atoms with E-state index in [1.165, 1.54) is 0 Å². The van der Waals surface area contributed by atoms with Gasteiger partial charge in [-0.05, 0) is 0 Å². The molecule has 0 aliphatic carbocycles. The Morgan fingerprint density at radius 1 is 1.42 bits per heavy atom. The first-order chi connectivity index (χ1) is 5.72. The molecule has 0 spiro atoms. The average Bonchev–Trinajstić information content (AvgIpc) is 2.07. The van der Waals surface area contributed by atoms with Crippen LogP contribution >= 0.6 is 37.0 Å². The maximum atomic E-state index is 5.14. The largest absolute Gasteiger partial charge is 0.445 e. The van der Waals surface area contributed by atoms with E-state index >= 15 is 0 Å². The second-order valence-corrected chi connectivity index (χ2v) is 22.5. The third kappa shape index (κ3) is 7.99. The summed E-state index contributed by atoms with van der Waals surface area (Å²) in [5.74, 6) is 0. The van der Waals surface area contributed by atoms with Gasteiger partial charge in [-0.1, -0.05) is 0 Å². The number of rotatable bonds is 0. The summed E-state index contributed by atoms with van der Waals surface area (Å²) >= 11 is 12.6. The summed E-state index contributed by atoms with van der Waals surface area (Å²) in [6.45, 7) is 3.52. The Labute approximate surface area is 114 Å². The van der Waals surface area contributed by atoms with Crippen molar-refractivity contribution >= 4 is 79.7 Å². The molecule has 0 amide bonds. The second kappa shape index (κ2) is 10.2. The predicted molar refractivity (Wildman–Crippen MR) is 80.1 cm³/mol. The molecule has 1 aliphatic heterocycles. The van der Waals surface area contributed by atoms with Crippen LogP contribution in [0.2, 0.25) is 0 Å². The van der Waals surface area contributed by atoms with Crippen LogP contribution in [0.3, 0.4) is 0 Å². The molecule has 0 aromatic rings. The van der Waals surface area contributed by atoms with Gasteiger partial charge in [0.2, 0.25) is 12.2 Å². The third-order valence-corrected chi connectivity index (χ3v) is 1.91. The maximum absolute atomic E-state index is 5.14. The fourth-order valence-corrected chi connectivity index (χ4v) is 1.20. The molecule has 1 aliphatic rings. The topological polar surface area (TPSA) is 12.5 Å². The minimum atomic E-state index is 0.290. The fraction of sp³-hybridized carbons (Fsp3) is 0.800. The van der Waals surface area contributed by atoms with Crippen molar-refractivity contribution in [3.8, 4) is 0 Å². The van der Waals surface area contributed by atoms with Gasteiger partial charge in [0.05, 0.1) is 25.8 Å². The van der Waals surface area contributed by atoms with Gasteiger partial charge in [-0.25, -0.2) is 0 Å². The van der Waals surface area contributed by atoms with Crippen LogP contribution in [0.4, 0.5) is 0 Å². The van der Waals surface area contributed by atoms with Crippen LogP contribution in [-0.2, 0) is 29.6 Å². The first-order valence-corrected chi connectivity index (χ1v) is 19.1. The van der Waals surface area contributed by atoms with Crippen molar-refractivity contribution in [1.82, 2.24) is 4.90 Å². The van der Waals surface area contributed by atoms with Crippen molar-refractivity contribution in [3.63, 3.8) is 0 Å². The van der Waals surface area contributed by atoms with Gasteiger partial charge < -0.3 is 4.74 Å². The predicted octanol–water partition coefficient (Wildman–Crippen LogP) is 0.0873. The Kier molecular flexibility index (Phi) is 12.4. The zero-order valence-corrected chi connectivity index (χ0v) is 15.1. The van der Waals surface area contributed by atoms with Gasteiger partial charge in [-0.2, -0.15) is 4.90 Å². The Morgan fingerprint density at radius 2 is 1.83 bits per heavy atom. The summed E-state index contributed by atoms with van der Waals surface area (Å²) in [6.07, 6.45) is 0. The minimum absolute atomic E-state index is 0.290. The van der Waals surface area contributed by atoms with Crippen molar-refractivity contribution in [3.05, 3.63) is 0 Å². The number of morpholine rings is 1. The van der Waals surface area contributed by atoms with E-state index < -0.39 is 0 Å². The number of nitrogens with zero attached hydrogens (tertiary/aromatic N) is 1. The summed E-state index contributed by atoms with van der Waals surface area (Å²) in [5.41, 5.74) is 0. The zero-order valence-electron chi connectivity index (χ0n) is 6.33. The van der Waals surface area contributed by atoms with Gasteiger partial charge in [0.25, 0.3) is 0 Å². The van der Waals surface area contributed by atoms with Gasteiger partial charge >= 0.3 is 54.9 Å². The Balaban J connectivity index is 0.000000354. The molecule has 0 saturated carbocycles. The molecule has 1 rings (SSSR count). The summed E-state index contributed by atoms with van der Waals surface area (Å²) in [4.78, 5) is 2.13. The fourth-order valence-electron chi connectivity index (χ4n) is 0.775. The van der Waals surface area contributed by atoms with Crippen molar-refractivity contribution in [2.24, 2.45) is 0 Å². The van der Waals surface area contributed by atoms with Crippen LogP contribution in [0.5, 0.6) is 0 Å². The third-order valence-electron chi connectivity index (χ3n) is 1.31. The van der Waals surface area contributed by atoms with E-state index in [1.54, 1.807) is 0 Å². The standard InChI is InChI=1S/C5H9NOS2.2HI.Sb/c8-5(9)6-1-3-7-4-2-6;;;/h1-4H2,(H,8,9);2*1H;/q;;;+2. The van der Waals surface area contributed by atoms with Crippen molar-refractivity contribution in [1.29, 1.82) is 0 Å². The van der Waals surface area contributed by atoms with Crippen LogP contribution in [-0.4, -0.2) is 49.1 Å².